The van der Waals surface area contributed by atoms with Gasteiger partial charge < -0.3 is 4.43 Å². The van der Waals surface area contributed by atoms with Crippen LogP contribution in [0.5, 0.6) is 0 Å². The largest absolute Gasteiger partial charge is 0.417 e. The fraction of sp³-hybridized carbons (Fsp3) is 0.480. The lowest BCUT2D eigenvalue weighted by atomic mass is 10.2. The van der Waals surface area contributed by atoms with E-state index in [4.69, 9.17) is 4.43 Å². The average Bonchev–Trinajstić information content (AvgIpc) is 2.70. The number of carbonyl (C=O) groups excluding carboxylic acids is 1. The molecule has 0 heterocycles. The summed E-state index contributed by atoms with van der Waals surface area (Å²) in [5.74, 6) is 13.2. The Bertz CT molecular complexity index is 1050. The van der Waals surface area contributed by atoms with Gasteiger partial charge in [-0.05, 0) is 55.5 Å². The molecule has 0 unspecified atom stereocenters. The zero-order chi connectivity index (χ0) is 24.3. The van der Waals surface area contributed by atoms with Crippen molar-refractivity contribution in [3.8, 4) is 35.6 Å². The van der Waals surface area contributed by atoms with Gasteiger partial charge in [-0.25, -0.2) is 12.7 Å². The Morgan fingerprint density at radius 1 is 1.06 bits per heavy atom. The van der Waals surface area contributed by atoms with Crippen LogP contribution >= 0.6 is 0 Å². The monoisotopic (exact) mass is 471 g/mol. The third-order valence-corrected chi connectivity index (χ3v) is 11.5. The van der Waals surface area contributed by atoms with Gasteiger partial charge in [0.25, 0.3) is 10.0 Å². The van der Waals surface area contributed by atoms with Gasteiger partial charge in [-0.2, -0.15) is 0 Å². The van der Waals surface area contributed by atoms with Crippen LogP contribution in [-0.2, 0) is 19.2 Å². The molecule has 32 heavy (non-hydrogen) atoms. The Balaban J connectivity index is 2.80. The second-order valence-electron chi connectivity index (χ2n) is 8.83. The van der Waals surface area contributed by atoms with Crippen molar-refractivity contribution in [3.05, 3.63) is 29.8 Å². The van der Waals surface area contributed by atoms with Gasteiger partial charge in [0.15, 0.2) is 14.6 Å². The number of aldehydes is 1. The topological polar surface area (TPSA) is 63.7 Å². The summed E-state index contributed by atoms with van der Waals surface area (Å²) >= 11 is 0. The quantitative estimate of drug-likeness (QED) is 0.186. The van der Waals surface area contributed by atoms with Crippen molar-refractivity contribution >= 4 is 24.6 Å². The molecule has 0 aromatic heterocycles. The molecule has 0 saturated carbocycles. The maximum atomic E-state index is 12.9. The van der Waals surface area contributed by atoms with E-state index in [0.717, 1.165) is 16.3 Å². The van der Waals surface area contributed by atoms with E-state index in [2.05, 4.69) is 69.5 Å². The van der Waals surface area contributed by atoms with Crippen LogP contribution < -0.4 is 0 Å². The van der Waals surface area contributed by atoms with E-state index in [9.17, 15) is 13.2 Å². The molecule has 7 heteroatoms. The molecule has 1 aromatic rings. The number of rotatable bonds is 8. The van der Waals surface area contributed by atoms with Crippen LogP contribution in [0.15, 0.2) is 29.2 Å². The van der Waals surface area contributed by atoms with Crippen LogP contribution in [0.1, 0.15) is 45.6 Å². The van der Waals surface area contributed by atoms with Crippen LogP contribution in [0.2, 0.25) is 18.1 Å². The number of nitrogens with zero attached hydrogens (tertiary/aromatic N) is 1. The molecule has 0 spiro atoms. The van der Waals surface area contributed by atoms with Gasteiger partial charge in [-0.1, -0.05) is 50.3 Å². The van der Waals surface area contributed by atoms with Crippen LogP contribution in [-0.4, -0.2) is 40.5 Å². The van der Waals surface area contributed by atoms with Gasteiger partial charge in [-0.3, -0.25) is 4.79 Å². The normalized spacial score (nSPS) is 11.2. The molecule has 0 bridgehead atoms. The molecule has 0 fully saturated rings. The van der Waals surface area contributed by atoms with Gasteiger partial charge >= 0.3 is 0 Å². The molecule has 1 aromatic carbocycles. The van der Waals surface area contributed by atoms with E-state index in [0.29, 0.717) is 19.3 Å². The van der Waals surface area contributed by atoms with Crippen LogP contribution in [0.25, 0.3) is 0 Å². The molecule has 0 saturated heterocycles. The number of hydrogen-bond acceptors (Lipinski definition) is 4. The lowest BCUT2D eigenvalue weighted by molar-refractivity contribution is -0.103. The summed E-state index contributed by atoms with van der Waals surface area (Å²) in [7, 11) is -5.57. The molecule has 172 valence electrons. The van der Waals surface area contributed by atoms with E-state index >= 15 is 0 Å². The van der Waals surface area contributed by atoms with Crippen molar-refractivity contribution in [1.82, 2.24) is 4.31 Å². The summed E-state index contributed by atoms with van der Waals surface area (Å²) in [6.45, 7) is 13.6. The zero-order valence-corrected chi connectivity index (χ0v) is 21.7. The van der Waals surface area contributed by atoms with E-state index < -0.39 is 18.3 Å². The van der Waals surface area contributed by atoms with Crippen molar-refractivity contribution in [1.29, 1.82) is 0 Å². The van der Waals surface area contributed by atoms with E-state index in [1.54, 1.807) is 24.3 Å². The predicted molar refractivity (Wildman–Crippen MR) is 131 cm³/mol. The Hall–Kier alpha value is -2.50. The molecule has 0 atom stereocenters. The number of sulfonamides is 1. The summed E-state index contributed by atoms with van der Waals surface area (Å²) < 4.78 is 33.0. The van der Waals surface area contributed by atoms with Gasteiger partial charge in [0.2, 0.25) is 0 Å². The molecule has 0 aliphatic rings. The molecule has 1 rings (SSSR count). The molecular weight excluding hydrogens is 438 g/mol. The molecular formula is C25H33NO4SSi. The minimum absolute atomic E-state index is 0.0477. The molecule has 0 amide bonds. The average molecular weight is 472 g/mol. The maximum Gasteiger partial charge on any atom is 0.271 e. The first-order valence-electron chi connectivity index (χ1n) is 10.6. The fourth-order valence-corrected chi connectivity index (χ4v) is 4.57. The minimum Gasteiger partial charge on any atom is -0.417 e. The molecule has 0 aliphatic heterocycles. The zero-order valence-electron chi connectivity index (χ0n) is 19.9. The Kier molecular flexibility index (Phi) is 10.8. The molecule has 0 radical (unpaired) electrons. The van der Waals surface area contributed by atoms with Crippen LogP contribution in [0.3, 0.4) is 0 Å². The highest BCUT2D eigenvalue weighted by Gasteiger charge is 2.36. The summed E-state index contributed by atoms with van der Waals surface area (Å²) in [5, 5.41) is 0.173. The number of benzene rings is 1. The lowest BCUT2D eigenvalue weighted by Crippen LogP contribution is -2.40. The van der Waals surface area contributed by atoms with Crippen molar-refractivity contribution in [2.24, 2.45) is 0 Å². The Labute approximate surface area is 195 Å². The van der Waals surface area contributed by atoms with Crippen molar-refractivity contribution in [3.63, 3.8) is 0 Å². The first kappa shape index (κ1) is 27.5. The van der Waals surface area contributed by atoms with Crippen molar-refractivity contribution in [2.75, 3.05) is 13.2 Å². The molecule has 0 aliphatic carbocycles. The number of carbonyl (C=O) groups is 1. The summed E-state index contributed by atoms with van der Waals surface area (Å²) in [6.07, 6.45) is 2.09. The van der Waals surface area contributed by atoms with Crippen molar-refractivity contribution < 1.29 is 17.6 Å². The number of hydrogen-bond donors (Lipinski definition) is 0. The highest BCUT2D eigenvalue weighted by atomic mass is 32.2. The SMILES string of the molecule is Cc1ccc(S(=O)(=O)N(C#CC#CCCCO[Si](C)(C)C(C)(C)C)CCC#CC=O)cc1. The minimum atomic E-state index is -3.82. The molecule has 0 N–H and O–H groups in total. The third kappa shape index (κ3) is 8.93. The first-order chi connectivity index (χ1) is 14.9. The number of aryl methyl sites for hydroxylation is 1. The lowest BCUT2D eigenvalue weighted by Gasteiger charge is -2.36. The van der Waals surface area contributed by atoms with E-state index in [1.165, 1.54) is 0 Å². The fourth-order valence-electron chi connectivity index (χ4n) is 2.25. The summed E-state index contributed by atoms with van der Waals surface area (Å²) in [6, 6.07) is 9.18. The standard InChI is InChI=1S/C25H33NO4SSi/c1-23-15-17-24(18-16-23)31(28,29)26(20-12-10-13-21-27)19-11-8-7-9-14-22-30-32(5,6)25(2,3)4/h15-18,21H,9,12,14,20,22H2,1-6H3. The summed E-state index contributed by atoms with van der Waals surface area (Å²) in [4.78, 5) is 10.5. The van der Waals surface area contributed by atoms with E-state index in [1.807, 2.05) is 6.92 Å². The Morgan fingerprint density at radius 2 is 1.72 bits per heavy atom. The highest BCUT2D eigenvalue weighted by Crippen LogP contribution is 2.36. The van der Waals surface area contributed by atoms with Crippen LogP contribution in [0, 0.1) is 42.6 Å². The van der Waals surface area contributed by atoms with Crippen molar-refractivity contribution in [2.45, 2.75) is 70.0 Å². The number of unbranched alkanes of at least 4 members (excludes halogenated alkanes) is 1. The third-order valence-electron chi connectivity index (χ3n) is 5.26. The second kappa shape index (κ2) is 12.5. The Morgan fingerprint density at radius 3 is 2.31 bits per heavy atom. The smallest absolute Gasteiger partial charge is 0.271 e. The molecule has 5 nitrogen and oxygen atoms in total. The predicted octanol–water partition coefficient (Wildman–Crippen LogP) is 4.34. The van der Waals surface area contributed by atoms with Gasteiger partial charge in [0.05, 0.1) is 11.4 Å². The van der Waals surface area contributed by atoms with E-state index in [-0.39, 0.29) is 22.9 Å². The summed E-state index contributed by atoms with van der Waals surface area (Å²) in [5.41, 5.74) is 0.960. The van der Waals surface area contributed by atoms with Gasteiger partial charge in [0, 0.05) is 31.4 Å². The first-order valence-corrected chi connectivity index (χ1v) is 14.9. The highest BCUT2D eigenvalue weighted by molar-refractivity contribution is 7.89. The maximum absolute atomic E-state index is 12.9. The van der Waals surface area contributed by atoms with Gasteiger partial charge in [-0.15, -0.1) is 0 Å². The second-order valence-corrected chi connectivity index (χ2v) is 15.5. The van der Waals surface area contributed by atoms with Crippen LogP contribution in [0.4, 0.5) is 0 Å². The van der Waals surface area contributed by atoms with Gasteiger partial charge in [0.1, 0.15) is 0 Å².